The van der Waals surface area contributed by atoms with E-state index in [4.69, 9.17) is 22.1 Å². The molecule has 0 aromatic heterocycles. The Kier molecular flexibility index (Phi) is 6.21. The molecule has 0 aliphatic carbocycles. The SMILES string of the molecule is Cc1ccc(NC(=O)CCCOc2ccccc2Cl)cc1C(N)=O. The Labute approximate surface area is 145 Å². The standard InChI is InChI=1S/C18H19ClN2O3/c1-12-8-9-13(11-14(12)18(20)23)21-17(22)7-4-10-24-16-6-3-2-5-15(16)19/h2-3,5-6,8-9,11H,4,7,10H2,1H3,(H2,20,23)(H,21,22). The number of primary amides is 1. The van der Waals surface area contributed by atoms with E-state index in [0.29, 0.717) is 41.5 Å². The molecule has 0 fully saturated rings. The molecule has 3 N–H and O–H groups in total. The van der Waals surface area contributed by atoms with Gasteiger partial charge in [-0.05, 0) is 43.2 Å². The predicted octanol–water partition coefficient (Wildman–Crippen LogP) is 3.55. The van der Waals surface area contributed by atoms with E-state index in [1.165, 1.54) is 0 Å². The van der Waals surface area contributed by atoms with Gasteiger partial charge in [-0.25, -0.2) is 0 Å². The fourth-order valence-corrected chi connectivity index (χ4v) is 2.36. The number of benzene rings is 2. The van der Waals surface area contributed by atoms with Gasteiger partial charge in [-0.3, -0.25) is 9.59 Å². The Morgan fingerprint density at radius 2 is 1.96 bits per heavy atom. The minimum atomic E-state index is -0.517. The van der Waals surface area contributed by atoms with Crippen LogP contribution >= 0.6 is 11.6 Å². The molecule has 0 saturated heterocycles. The molecule has 5 nitrogen and oxygen atoms in total. The molecule has 0 unspecified atom stereocenters. The first-order chi connectivity index (χ1) is 11.5. The largest absolute Gasteiger partial charge is 0.492 e. The third kappa shape index (κ3) is 4.99. The molecule has 2 amide bonds. The van der Waals surface area contributed by atoms with Gasteiger partial charge in [0.05, 0.1) is 11.6 Å². The summed E-state index contributed by atoms with van der Waals surface area (Å²) in [5.74, 6) is -0.0713. The Bertz CT molecular complexity index is 747. The second-order valence-electron chi connectivity index (χ2n) is 5.32. The third-order valence-electron chi connectivity index (χ3n) is 3.43. The molecule has 0 spiro atoms. The Morgan fingerprint density at radius 3 is 2.67 bits per heavy atom. The van der Waals surface area contributed by atoms with Gasteiger partial charge in [0.25, 0.3) is 0 Å². The van der Waals surface area contributed by atoms with Crippen LogP contribution in [0.2, 0.25) is 5.02 Å². The van der Waals surface area contributed by atoms with E-state index < -0.39 is 5.91 Å². The van der Waals surface area contributed by atoms with Crippen LogP contribution in [-0.2, 0) is 4.79 Å². The highest BCUT2D eigenvalue weighted by atomic mass is 35.5. The number of halogens is 1. The van der Waals surface area contributed by atoms with Crippen molar-refractivity contribution >= 4 is 29.1 Å². The number of aryl methyl sites for hydroxylation is 1. The fraction of sp³-hybridized carbons (Fsp3) is 0.222. The Hall–Kier alpha value is -2.53. The summed E-state index contributed by atoms with van der Waals surface area (Å²) in [5, 5.41) is 3.29. The van der Waals surface area contributed by atoms with Gasteiger partial charge >= 0.3 is 0 Å². The molecule has 0 saturated carbocycles. The second kappa shape index (κ2) is 8.36. The lowest BCUT2D eigenvalue weighted by molar-refractivity contribution is -0.116. The van der Waals surface area contributed by atoms with Crippen LogP contribution in [0, 0.1) is 6.92 Å². The quantitative estimate of drug-likeness (QED) is 0.752. The topological polar surface area (TPSA) is 81.4 Å². The minimum absolute atomic E-state index is 0.156. The van der Waals surface area contributed by atoms with Gasteiger partial charge in [0, 0.05) is 17.7 Å². The molecule has 24 heavy (non-hydrogen) atoms. The Balaban J connectivity index is 1.80. The zero-order valence-corrected chi connectivity index (χ0v) is 14.1. The van der Waals surface area contributed by atoms with E-state index in [-0.39, 0.29) is 5.91 Å². The lowest BCUT2D eigenvalue weighted by Crippen LogP contribution is -2.16. The molecular weight excluding hydrogens is 328 g/mol. The van der Waals surface area contributed by atoms with Crippen molar-refractivity contribution < 1.29 is 14.3 Å². The van der Waals surface area contributed by atoms with Crippen molar-refractivity contribution in [3.8, 4) is 5.75 Å². The van der Waals surface area contributed by atoms with Crippen LogP contribution in [0.1, 0.15) is 28.8 Å². The highest BCUT2D eigenvalue weighted by Crippen LogP contribution is 2.23. The van der Waals surface area contributed by atoms with Crippen molar-refractivity contribution in [2.24, 2.45) is 5.73 Å². The first-order valence-electron chi connectivity index (χ1n) is 7.55. The van der Waals surface area contributed by atoms with Crippen molar-refractivity contribution in [1.82, 2.24) is 0 Å². The van der Waals surface area contributed by atoms with Crippen molar-refractivity contribution in [3.63, 3.8) is 0 Å². The molecule has 0 bridgehead atoms. The van der Waals surface area contributed by atoms with Gasteiger partial charge in [-0.15, -0.1) is 0 Å². The molecule has 0 aliphatic heterocycles. The summed E-state index contributed by atoms with van der Waals surface area (Å²) in [5.41, 5.74) is 7.02. The number of carbonyl (C=O) groups excluding carboxylic acids is 2. The molecule has 0 atom stereocenters. The second-order valence-corrected chi connectivity index (χ2v) is 5.73. The summed E-state index contributed by atoms with van der Waals surface area (Å²) in [7, 11) is 0. The van der Waals surface area contributed by atoms with Crippen LogP contribution < -0.4 is 15.8 Å². The van der Waals surface area contributed by atoms with Crippen LogP contribution in [0.4, 0.5) is 5.69 Å². The molecule has 126 valence electrons. The van der Waals surface area contributed by atoms with E-state index in [1.54, 1.807) is 37.3 Å². The number of rotatable bonds is 7. The summed E-state index contributed by atoms with van der Waals surface area (Å²) < 4.78 is 5.53. The van der Waals surface area contributed by atoms with Crippen molar-refractivity contribution in [1.29, 1.82) is 0 Å². The van der Waals surface area contributed by atoms with E-state index in [9.17, 15) is 9.59 Å². The van der Waals surface area contributed by atoms with Crippen LogP contribution in [0.25, 0.3) is 0 Å². The summed E-state index contributed by atoms with van der Waals surface area (Å²) in [6.45, 7) is 2.18. The maximum Gasteiger partial charge on any atom is 0.249 e. The van der Waals surface area contributed by atoms with Gasteiger partial charge in [-0.2, -0.15) is 0 Å². The van der Waals surface area contributed by atoms with Gasteiger partial charge in [0.1, 0.15) is 5.75 Å². The molecular formula is C18H19ClN2O3. The molecule has 2 aromatic rings. The molecule has 0 heterocycles. The number of amides is 2. The van der Waals surface area contributed by atoms with Gasteiger partial charge in [0.2, 0.25) is 11.8 Å². The molecule has 6 heteroatoms. The zero-order chi connectivity index (χ0) is 17.5. The van der Waals surface area contributed by atoms with Crippen LogP contribution in [-0.4, -0.2) is 18.4 Å². The number of para-hydroxylation sites is 1. The van der Waals surface area contributed by atoms with Crippen molar-refractivity contribution in [2.75, 3.05) is 11.9 Å². The average molecular weight is 347 g/mol. The Morgan fingerprint density at radius 1 is 1.21 bits per heavy atom. The molecule has 0 radical (unpaired) electrons. The monoisotopic (exact) mass is 346 g/mol. The number of nitrogens with one attached hydrogen (secondary N) is 1. The van der Waals surface area contributed by atoms with Crippen LogP contribution in [0.15, 0.2) is 42.5 Å². The van der Waals surface area contributed by atoms with Gasteiger partial charge in [-0.1, -0.05) is 29.8 Å². The number of anilines is 1. The van der Waals surface area contributed by atoms with Crippen LogP contribution in [0.5, 0.6) is 5.75 Å². The van der Waals surface area contributed by atoms with E-state index in [0.717, 1.165) is 5.56 Å². The summed E-state index contributed by atoms with van der Waals surface area (Å²) >= 11 is 5.98. The van der Waals surface area contributed by atoms with E-state index >= 15 is 0 Å². The van der Waals surface area contributed by atoms with Crippen molar-refractivity contribution in [2.45, 2.75) is 19.8 Å². The normalized spacial score (nSPS) is 10.2. The maximum absolute atomic E-state index is 11.9. The number of carbonyl (C=O) groups is 2. The zero-order valence-electron chi connectivity index (χ0n) is 13.3. The highest BCUT2D eigenvalue weighted by molar-refractivity contribution is 6.32. The maximum atomic E-state index is 11.9. The smallest absolute Gasteiger partial charge is 0.249 e. The summed E-state index contributed by atoms with van der Waals surface area (Å²) in [6.07, 6.45) is 0.843. The van der Waals surface area contributed by atoms with E-state index in [2.05, 4.69) is 5.32 Å². The van der Waals surface area contributed by atoms with Gasteiger partial charge < -0.3 is 15.8 Å². The lowest BCUT2D eigenvalue weighted by Gasteiger charge is -2.09. The van der Waals surface area contributed by atoms with Gasteiger partial charge in [0.15, 0.2) is 0 Å². The number of hydrogen-bond acceptors (Lipinski definition) is 3. The fourth-order valence-electron chi connectivity index (χ4n) is 2.17. The number of nitrogens with two attached hydrogens (primary N) is 1. The average Bonchev–Trinajstić information content (AvgIpc) is 2.54. The van der Waals surface area contributed by atoms with Crippen molar-refractivity contribution in [3.05, 3.63) is 58.6 Å². The summed E-state index contributed by atoms with van der Waals surface area (Å²) in [6, 6.07) is 12.2. The third-order valence-corrected chi connectivity index (χ3v) is 3.74. The first kappa shape index (κ1) is 17.8. The first-order valence-corrected chi connectivity index (χ1v) is 7.93. The molecule has 2 rings (SSSR count). The molecule has 0 aliphatic rings. The number of hydrogen-bond donors (Lipinski definition) is 2. The summed E-state index contributed by atoms with van der Waals surface area (Å²) in [4.78, 5) is 23.3. The highest BCUT2D eigenvalue weighted by Gasteiger charge is 2.08. The van der Waals surface area contributed by atoms with E-state index in [1.807, 2.05) is 12.1 Å². The van der Waals surface area contributed by atoms with Crippen LogP contribution in [0.3, 0.4) is 0 Å². The number of ether oxygens (including phenoxy) is 1. The lowest BCUT2D eigenvalue weighted by atomic mass is 10.1. The predicted molar refractivity (Wildman–Crippen MR) is 94.5 cm³/mol. The molecule has 2 aromatic carbocycles. The minimum Gasteiger partial charge on any atom is -0.492 e.